The molecule has 2 fully saturated rings. The van der Waals surface area contributed by atoms with Crippen LogP contribution < -0.4 is 20.9 Å². The van der Waals surface area contributed by atoms with Gasteiger partial charge in [-0.1, -0.05) is 6.07 Å². The molecule has 2 atom stereocenters. The molecule has 2 heterocycles. The van der Waals surface area contributed by atoms with Crippen LogP contribution >= 0.6 is 0 Å². The van der Waals surface area contributed by atoms with E-state index >= 15 is 0 Å². The van der Waals surface area contributed by atoms with Gasteiger partial charge in [0.05, 0.1) is 48.8 Å². The molecule has 1 unspecified atom stereocenters. The zero-order chi connectivity index (χ0) is 24.5. The number of anilines is 2. The second kappa shape index (κ2) is 10.2. The summed E-state index contributed by atoms with van der Waals surface area (Å²) >= 11 is 0. The summed E-state index contributed by atoms with van der Waals surface area (Å²) < 4.78 is 10.8. The van der Waals surface area contributed by atoms with E-state index in [0.717, 1.165) is 24.1 Å². The van der Waals surface area contributed by atoms with Gasteiger partial charge in [0, 0.05) is 38.0 Å². The van der Waals surface area contributed by atoms with Crippen LogP contribution in [0.3, 0.4) is 0 Å². The quantitative estimate of drug-likeness (QED) is 0.500. The lowest BCUT2D eigenvalue weighted by Gasteiger charge is -2.41. The third-order valence-corrected chi connectivity index (χ3v) is 6.96. The summed E-state index contributed by atoms with van der Waals surface area (Å²) in [5.41, 5.74) is 8.34. The molecule has 1 aromatic rings. The molecule has 0 spiro atoms. The average molecular weight is 475 g/mol. The van der Waals surface area contributed by atoms with Crippen LogP contribution in [0.15, 0.2) is 18.2 Å². The van der Waals surface area contributed by atoms with Gasteiger partial charge < -0.3 is 30.5 Å². The average Bonchev–Trinajstić information content (AvgIpc) is 3.62. The molecule has 4 N–H and O–H groups in total. The van der Waals surface area contributed by atoms with Crippen LogP contribution in [0.4, 0.5) is 16.2 Å². The molecule has 1 aromatic carbocycles. The van der Waals surface area contributed by atoms with Crippen molar-refractivity contribution in [3.63, 3.8) is 0 Å². The molecule has 2 amide bonds. The van der Waals surface area contributed by atoms with Gasteiger partial charge in [-0.05, 0) is 51.3 Å². The van der Waals surface area contributed by atoms with Crippen molar-refractivity contribution >= 4 is 23.4 Å². The van der Waals surface area contributed by atoms with Gasteiger partial charge >= 0.3 is 6.09 Å². The van der Waals surface area contributed by atoms with E-state index in [1.54, 1.807) is 4.90 Å². The highest BCUT2D eigenvalue weighted by Gasteiger charge is 2.42. The molecule has 1 saturated carbocycles. The predicted molar refractivity (Wildman–Crippen MR) is 130 cm³/mol. The van der Waals surface area contributed by atoms with E-state index in [1.165, 1.54) is 0 Å². The van der Waals surface area contributed by atoms with Crippen LogP contribution in [0.5, 0.6) is 0 Å². The lowest BCUT2D eigenvalue weighted by atomic mass is 9.86. The maximum absolute atomic E-state index is 13.1. The number of nitrogens with one attached hydrogen (secondary N) is 1. The maximum atomic E-state index is 13.1. The Balaban J connectivity index is 1.58. The Kier molecular flexibility index (Phi) is 7.47. The number of aliphatic hydroxyl groups is 1. The van der Waals surface area contributed by atoms with Crippen molar-refractivity contribution in [2.45, 2.75) is 51.7 Å². The van der Waals surface area contributed by atoms with E-state index in [-0.39, 0.29) is 41.9 Å². The number of hydrogen-bond donors (Lipinski definition) is 3. The molecule has 0 aromatic heterocycles. The van der Waals surface area contributed by atoms with Crippen LogP contribution in [0.1, 0.15) is 45.1 Å². The zero-order valence-electron chi connectivity index (χ0n) is 20.5. The lowest BCUT2D eigenvalue weighted by Crippen LogP contribution is -2.53. The molecule has 1 saturated heterocycles. The van der Waals surface area contributed by atoms with E-state index in [1.807, 2.05) is 43.9 Å². The van der Waals surface area contributed by atoms with Crippen molar-refractivity contribution in [1.29, 1.82) is 0 Å². The number of amides is 2. The van der Waals surface area contributed by atoms with Crippen molar-refractivity contribution in [2.75, 3.05) is 55.8 Å². The number of benzene rings is 1. The summed E-state index contributed by atoms with van der Waals surface area (Å²) in [6, 6.07) is 5.78. The Labute approximate surface area is 201 Å². The third-order valence-electron chi connectivity index (χ3n) is 6.96. The first-order valence-corrected chi connectivity index (χ1v) is 12.3. The first kappa shape index (κ1) is 24.9. The van der Waals surface area contributed by atoms with Crippen molar-refractivity contribution in [1.82, 2.24) is 5.32 Å². The molecule has 9 heteroatoms. The van der Waals surface area contributed by atoms with Crippen LogP contribution in [-0.2, 0) is 14.3 Å². The van der Waals surface area contributed by atoms with Crippen LogP contribution in [-0.4, -0.2) is 75.3 Å². The second-order valence-corrected chi connectivity index (χ2v) is 10.3. The van der Waals surface area contributed by atoms with E-state index < -0.39 is 6.09 Å². The van der Waals surface area contributed by atoms with Gasteiger partial charge in [-0.3, -0.25) is 9.69 Å². The smallest absolute Gasteiger partial charge is 0.414 e. The van der Waals surface area contributed by atoms with Crippen molar-refractivity contribution in [3.8, 4) is 0 Å². The maximum Gasteiger partial charge on any atom is 0.414 e. The highest BCUT2D eigenvalue weighted by molar-refractivity contribution is 6.04. The summed E-state index contributed by atoms with van der Waals surface area (Å²) in [6.45, 7) is 8.91. The van der Waals surface area contributed by atoms with Gasteiger partial charge in [0.25, 0.3) is 0 Å². The standard InChI is InChI=1S/C25H38N4O5/c1-16(2)34-24(32)28-11-17(3)29(23(31)18-4-5-18)21-7-6-19(8-22(21)28)20(9-26)10-27-12-25(13-30)14-33-15-25/h6-8,16-18,20,27,30H,4-5,9-15,26H2,1-3H3/t17-,20?/m0/s1. The minimum atomic E-state index is -0.406. The third kappa shape index (κ3) is 5.07. The fourth-order valence-electron chi connectivity index (χ4n) is 4.69. The lowest BCUT2D eigenvalue weighted by molar-refractivity contribution is -0.134. The number of carbonyl (C=O) groups is 2. The molecule has 2 aliphatic heterocycles. The number of fused-ring (bicyclic) bond motifs is 1. The molecule has 1 aliphatic carbocycles. The molecule has 0 bridgehead atoms. The molecule has 188 valence electrons. The van der Waals surface area contributed by atoms with Crippen molar-refractivity contribution in [3.05, 3.63) is 23.8 Å². The van der Waals surface area contributed by atoms with E-state index in [4.69, 9.17) is 15.2 Å². The molecular weight excluding hydrogens is 436 g/mol. The number of aliphatic hydroxyl groups excluding tert-OH is 1. The topological polar surface area (TPSA) is 117 Å². The highest BCUT2D eigenvalue weighted by Crippen LogP contribution is 2.42. The summed E-state index contributed by atoms with van der Waals surface area (Å²) in [5, 5.41) is 13.1. The summed E-state index contributed by atoms with van der Waals surface area (Å²) in [5.74, 6) is 0.226. The fourth-order valence-corrected chi connectivity index (χ4v) is 4.69. The molecule has 9 nitrogen and oxygen atoms in total. The Morgan fingerprint density at radius 3 is 2.59 bits per heavy atom. The van der Waals surface area contributed by atoms with Gasteiger partial charge in [0.2, 0.25) is 5.91 Å². The zero-order valence-corrected chi connectivity index (χ0v) is 20.5. The summed E-state index contributed by atoms with van der Waals surface area (Å²) in [7, 11) is 0. The first-order valence-electron chi connectivity index (χ1n) is 12.3. The number of rotatable bonds is 9. The Bertz CT molecular complexity index is 894. The second-order valence-electron chi connectivity index (χ2n) is 10.3. The predicted octanol–water partition coefficient (Wildman–Crippen LogP) is 1.82. The largest absolute Gasteiger partial charge is 0.446 e. The van der Waals surface area contributed by atoms with E-state index in [9.17, 15) is 14.7 Å². The number of carbonyl (C=O) groups excluding carboxylic acids is 2. The Hall–Kier alpha value is -2.20. The molecule has 3 aliphatic rings. The Morgan fingerprint density at radius 2 is 2.03 bits per heavy atom. The van der Waals surface area contributed by atoms with Crippen LogP contribution in [0.25, 0.3) is 0 Å². The van der Waals surface area contributed by atoms with E-state index in [2.05, 4.69) is 5.32 Å². The molecule has 4 rings (SSSR count). The normalized spacial score (nSPS) is 22.2. The van der Waals surface area contributed by atoms with E-state index in [0.29, 0.717) is 45.1 Å². The first-order chi connectivity index (χ1) is 16.3. The van der Waals surface area contributed by atoms with Crippen LogP contribution in [0.2, 0.25) is 0 Å². The summed E-state index contributed by atoms with van der Waals surface area (Å²) in [6.07, 6.45) is 1.21. The minimum Gasteiger partial charge on any atom is -0.446 e. The Morgan fingerprint density at radius 1 is 1.29 bits per heavy atom. The molecule has 0 radical (unpaired) electrons. The number of hydrogen-bond acceptors (Lipinski definition) is 7. The number of nitrogens with zero attached hydrogens (tertiary/aromatic N) is 2. The van der Waals surface area contributed by atoms with Gasteiger partial charge in [0.15, 0.2) is 0 Å². The van der Waals surface area contributed by atoms with Crippen LogP contribution in [0, 0.1) is 11.3 Å². The minimum absolute atomic E-state index is 0.0111. The molecule has 34 heavy (non-hydrogen) atoms. The van der Waals surface area contributed by atoms with Gasteiger partial charge in [-0.2, -0.15) is 0 Å². The number of nitrogens with two attached hydrogens (primary N) is 1. The van der Waals surface area contributed by atoms with Crippen molar-refractivity contribution in [2.24, 2.45) is 17.1 Å². The monoisotopic (exact) mass is 474 g/mol. The fraction of sp³-hybridized carbons (Fsp3) is 0.680. The van der Waals surface area contributed by atoms with Gasteiger partial charge in [-0.15, -0.1) is 0 Å². The van der Waals surface area contributed by atoms with Gasteiger partial charge in [0.1, 0.15) is 0 Å². The highest BCUT2D eigenvalue weighted by atomic mass is 16.6. The number of ether oxygens (including phenoxy) is 2. The van der Waals surface area contributed by atoms with Crippen molar-refractivity contribution < 1.29 is 24.2 Å². The summed E-state index contributed by atoms with van der Waals surface area (Å²) in [4.78, 5) is 29.6. The SMILES string of the molecule is CC(C)OC(=O)N1C[C@H](C)N(C(=O)C2CC2)c2ccc(C(CN)CNCC3(CO)COC3)cc21. The van der Waals surface area contributed by atoms with Gasteiger partial charge in [-0.25, -0.2) is 4.79 Å². The molecular formula is C25H38N4O5.